The largest absolute Gasteiger partial charge is 0.228 e. The first-order valence-corrected chi connectivity index (χ1v) is 19.3. The van der Waals surface area contributed by atoms with Gasteiger partial charge in [-0.15, -0.1) is 0 Å². The van der Waals surface area contributed by atoms with Gasteiger partial charge >= 0.3 is 0 Å². The lowest BCUT2D eigenvalue weighted by atomic mass is 9.68. The lowest BCUT2D eigenvalue weighted by Gasteiger charge is -2.36. The highest BCUT2D eigenvalue weighted by atomic mass is 14.9. The van der Waals surface area contributed by atoms with Crippen molar-refractivity contribution < 1.29 is 0 Å². The topological polar surface area (TPSA) is 25.8 Å². The lowest BCUT2D eigenvalue weighted by Crippen LogP contribution is -2.27. The number of fused-ring (bicyclic) bond motifs is 5. The standard InChI is InChI=1S/C52H40N2/c1-4-14-36(15-5-1)37-24-28-39(29-25-37)48-35-49(54-51(53-48)41-16-6-2-7-17-41)40-30-26-38(27-31-40)42-18-12-19-43(34-42)44-21-13-23-47-50(44)45-20-8-9-22-46(45)52(47)32-10-3-11-33-52/h1-2,4-9,12-31,34-35H,3,10-11,32-33H2. The van der Waals surface area contributed by atoms with Crippen LogP contribution < -0.4 is 0 Å². The average Bonchev–Trinajstić information content (AvgIpc) is 3.53. The molecule has 0 unspecified atom stereocenters. The Morgan fingerprint density at radius 1 is 0.333 bits per heavy atom. The van der Waals surface area contributed by atoms with E-state index in [1.807, 2.05) is 18.2 Å². The molecule has 0 saturated heterocycles. The molecule has 0 N–H and O–H groups in total. The fraction of sp³-hybridized carbons (Fsp3) is 0.115. The third-order valence-corrected chi connectivity index (χ3v) is 11.7. The van der Waals surface area contributed by atoms with E-state index in [0.29, 0.717) is 0 Å². The van der Waals surface area contributed by atoms with Gasteiger partial charge in [-0.25, -0.2) is 9.97 Å². The van der Waals surface area contributed by atoms with Crippen molar-refractivity contribution in [2.24, 2.45) is 0 Å². The summed E-state index contributed by atoms with van der Waals surface area (Å²) in [6, 6.07) is 65.7. The van der Waals surface area contributed by atoms with E-state index >= 15 is 0 Å². The molecular weight excluding hydrogens is 653 g/mol. The second kappa shape index (κ2) is 13.5. The van der Waals surface area contributed by atoms with Crippen molar-refractivity contribution >= 4 is 0 Å². The quantitative estimate of drug-likeness (QED) is 0.173. The fourth-order valence-corrected chi connectivity index (χ4v) is 9.06. The van der Waals surface area contributed by atoms with Crippen LogP contribution in [0, 0.1) is 0 Å². The van der Waals surface area contributed by atoms with Crippen molar-refractivity contribution in [3.63, 3.8) is 0 Å². The first kappa shape index (κ1) is 32.3. The van der Waals surface area contributed by atoms with E-state index in [2.05, 4.69) is 164 Å². The summed E-state index contributed by atoms with van der Waals surface area (Å²) < 4.78 is 0. The maximum Gasteiger partial charge on any atom is 0.160 e. The SMILES string of the molecule is c1ccc(-c2ccc(-c3cc(-c4ccc(-c5cccc(-c6cccc7c6-c6ccccc6C76CCCCC6)c5)cc4)nc(-c4ccccc4)n3)cc2)cc1. The van der Waals surface area contributed by atoms with E-state index in [1.54, 1.807) is 0 Å². The van der Waals surface area contributed by atoms with Gasteiger partial charge in [0.15, 0.2) is 5.82 Å². The molecule has 258 valence electrons. The highest BCUT2D eigenvalue weighted by molar-refractivity contribution is 5.93. The molecule has 2 aliphatic rings. The van der Waals surface area contributed by atoms with Crippen molar-refractivity contribution in [3.8, 4) is 78.4 Å². The summed E-state index contributed by atoms with van der Waals surface area (Å²) in [5.41, 5.74) is 18.4. The molecule has 54 heavy (non-hydrogen) atoms. The molecule has 0 bridgehead atoms. The van der Waals surface area contributed by atoms with Crippen molar-refractivity contribution in [3.05, 3.63) is 193 Å². The molecule has 1 spiro atoms. The molecule has 2 nitrogen and oxygen atoms in total. The second-order valence-electron chi connectivity index (χ2n) is 14.8. The van der Waals surface area contributed by atoms with Crippen molar-refractivity contribution in [2.75, 3.05) is 0 Å². The summed E-state index contributed by atoms with van der Waals surface area (Å²) in [7, 11) is 0. The minimum atomic E-state index is 0.153. The summed E-state index contributed by atoms with van der Waals surface area (Å²) in [4.78, 5) is 10.2. The van der Waals surface area contributed by atoms with Crippen LogP contribution in [-0.4, -0.2) is 9.97 Å². The Morgan fingerprint density at radius 3 is 1.50 bits per heavy atom. The molecular formula is C52H40N2. The van der Waals surface area contributed by atoms with E-state index in [4.69, 9.17) is 9.97 Å². The Hall–Kier alpha value is -6.38. The smallest absolute Gasteiger partial charge is 0.160 e. The van der Waals surface area contributed by atoms with E-state index < -0.39 is 0 Å². The van der Waals surface area contributed by atoms with Gasteiger partial charge in [0.25, 0.3) is 0 Å². The van der Waals surface area contributed by atoms with Crippen LogP contribution in [0.1, 0.15) is 43.2 Å². The van der Waals surface area contributed by atoms with Crippen LogP contribution in [0.5, 0.6) is 0 Å². The van der Waals surface area contributed by atoms with Crippen LogP contribution in [0.3, 0.4) is 0 Å². The minimum absolute atomic E-state index is 0.153. The van der Waals surface area contributed by atoms with Crippen molar-refractivity contribution in [1.29, 1.82) is 0 Å². The number of nitrogens with zero attached hydrogens (tertiary/aromatic N) is 2. The Labute approximate surface area is 317 Å². The van der Waals surface area contributed by atoms with Crippen LogP contribution in [-0.2, 0) is 5.41 Å². The van der Waals surface area contributed by atoms with Gasteiger partial charge in [-0.1, -0.05) is 189 Å². The number of rotatable bonds is 6. The van der Waals surface area contributed by atoms with Crippen molar-refractivity contribution in [1.82, 2.24) is 9.97 Å². The van der Waals surface area contributed by atoms with Gasteiger partial charge in [-0.05, 0) is 80.6 Å². The maximum atomic E-state index is 5.10. The molecule has 0 atom stereocenters. The second-order valence-corrected chi connectivity index (χ2v) is 14.8. The molecule has 0 amide bonds. The molecule has 8 aromatic rings. The summed E-state index contributed by atoms with van der Waals surface area (Å²) in [5.74, 6) is 0.721. The molecule has 7 aromatic carbocycles. The van der Waals surface area contributed by atoms with Crippen LogP contribution in [0.25, 0.3) is 78.4 Å². The predicted octanol–water partition coefficient (Wildman–Crippen LogP) is 13.7. The summed E-state index contributed by atoms with van der Waals surface area (Å²) >= 11 is 0. The Kier molecular flexibility index (Phi) is 8.10. The van der Waals surface area contributed by atoms with E-state index in [-0.39, 0.29) is 5.41 Å². The lowest BCUT2D eigenvalue weighted by molar-refractivity contribution is 0.353. The first-order chi connectivity index (χ1) is 26.7. The molecule has 1 heterocycles. The van der Waals surface area contributed by atoms with Crippen LogP contribution in [0.4, 0.5) is 0 Å². The molecule has 1 aromatic heterocycles. The molecule has 0 aliphatic heterocycles. The maximum absolute atomic E-state index is 5.10. The Morgan fingerprint density at radius 2 is 0.815 bits per heavy atom. The van der Waals surface area contributed by atoms with Crippen LogP contribution >= 0.6 is 0 Å². The van der Waals surface area contributed by atoms with Crippen molar-refractivity contribution in [2.45, 2.75) is 37.5 Å². The predicted molar refractivity (Wildman–Crippen MR) is 224 cm³/mol. The summed E-state index contributed by atoms with van der Waals surface area (Å²) in [5, 5.41) is 0. The first-order valence-electron chi connectivity index (χ1n) is 19.3. The number of benzene rings is 7. The van der Waals surface area contributed by atoms with Gasteiger partial charge in [0.1, 0.15) is 0 Å². The third-order valence-electron chi connectivity index (χ3n) is 11.7. The van der Waals surface area contributed by atoms with Gasteiger partial charge in [-0.3, -0.25) is 0 Å². The zero-order valence-electron chi connectivity index (χ0n) is 30.3. The molecule has 1 saturated carbocycles. The van der Waals surface area contributed by atoms with E-state index in [1.165, 1.54) is 87.7 Å². The Balaban J connectivity index is 1.00. The zero-order valence-corrected chi connectivity index (χ0v) is 30.3. The van der Waals surface area contributed by atoms with Gasteiger partial charge in [0.05, 0.1) is 11.4 Å². The van der Waals surface area contributed by atoms with Crippen LogP contribution in [0.15, 0.2) is 182 Å². The van der Waals surface area contributed by atoms with Gasteiger partial charge in [-0.2, -0.15) is 0 Å². The third kappa shape index (κ3) is 5.67. The molecule has 2 aliphatic carbocycles. The zero-order chi connectivity index (χ0) is 35.9. The fourth-order valence-electron chi connectivity index (χ4n) is 9.06. The highest BCUT2D eigenvalue weighted by Crippen LogP contribution is 2.57. The highest BCUT2D eigenvalue weighted by Gasteiger charge is 2.44. The molecule has 2 heteroatoms. The van der Waals surface area contributed by atoms with Crippen LogP contribution in [0.2, 0.25) is 0 Å². The van der Waals surface area contributed by atoms with Gasteiger partial charge in [0, 0.05) is 22.1 Å². The van der Waals surface area contributed by atoms with Gasteiger partial charge in [0.2, 0.25) is 0 Å². The number of aromatic nitrogens is 2. The van der Waals surface area contributed by atoms with Gasteiger partial charge < -0.3 is 0 Å². The number of hydrogen-bond acceptors (Lipinski definition) is 2. The van der Waals surface area contributed by atoms with E-state index in [9.17, 15) is 0 Å². The normalized spacial score (nSPS) is 14.1. The molecule has 10 rings (SSSR count). The average molecular weight is 693 g/mol. The minimum Gasteiger partial charge on any atom is -0.228 e. The molecule has 1 fully saturated rings. The number of hydrogen-bond donors (Lipinski definition) is 0. The monoisotopic (exact) mass is 692 g/mol. The summed E-state index contributed by atoms with van der Waals surface area (Å²) in [6.45, 7) is 0. The molecule has 0 radical (unpaired) electrons. The Bertz CT molecular complexity index is 2600. The summed E-state index contributed by atoms with van der Waals surface area (Å²) in [6.07, 6.45) is 6.43. The van der Waals surface area contributed by atoms with E-state index in [0.717, 1.165) is 33.9 Å².